The minimum absolute atomic E-state index is 0.177. The minimum Gasteiger partial charge on any atom is -0.488 e. The van der Waals surface area contributed by atoms with Gasteiger partial charge in [0.1, 0.15) is 17.3 Å². The standard InChI is InChI=1S/C21H17BrN2O3S/c1-14-6-2-3-7-16(14)13-27-19-11-10-15(12-17(19)22)21-23-18-8-4-5-9-20(18)28(25,26)24-21/h2-12H,13H2,1H3,(H,23,24). The van der Waals surface area contributed by atoms with Gasteiger partial charge in [-0.15, -0.1) is 4.40 Å². The summed E-state index contributed by atoms with van der Waals surface area (Å²) in [4.78, 5) is 0.177. The molecule has 3 aromatic rings. The van der Waals surface area contributed by atoms with Crippen LogP contribution in [0.25, 0.3) is 0 Å². The molecule has 0 saturated heterocycles. The molecule has 142 valence electrons. The first-order valence-electron chi connectivity index (χ1n) is 8.62. The molecule has 1 aliphatic rings. The number of nitrogens with one attached hydrogen (secondary N) is 1. The van der Waals surface area contributed by atoms with E-state index in [1.165, 1.54) is 11.6 Å². The Morgan fingerprint density at radius 1 is 1.04 bits per heavy atom. The van der Waals surface area contributed by atoms with Gasteiger partial charge in [-0.2, -0.15) is 8.42 Å². The Morgan fingerprint density at radius 2 is 1.79 bits per heavy atom. The van der Waals surface area contributed by atoms with Gasteiger partial charge in [0, 0.05) is 5.56 Å². The normalized spacial score (nSPS) is 14.6. The monoisotopic (exact) mass is 456 g/mol. The van der Waals surface area contributed by atoms with Crippen LogP contribution in [-0.2, 0) is 16.6 Å². The molecule has 4 rings (SSSR count). The molecular formula is C21H17BrN2O3S. The Bertz CT molecular complexity index is 1190. The van der Waals surface area contributed by atoms with Gasteiger partial charge in [0.05, 0.1) is 10.2 Å². The molecule has 1 aliphatic heterocycles. The maximum atomic E-state index is 12.4. The second-order valence-electron chi connectivity index (χ2n) is 6.40. The number of sulfonamides is 1. The summed E-state index contributed by atoms with van der Waals surface area (Å²) >= 11 is 3.51. The second-order valence-corrected chi connectivity index (χ2v) is 8.82. The Balaban J connectivity index is 1.59. The summed E-state index contributed by atoms with van der Waals surface area (Å²) < 4.78 is 35.4. The molecule has 28 heavy (non-hydrogen) atoms. The van der Waals surface area contributed by atoms with Gasteiger partial charge < -0.3 is 10.1 Å². The third-order valence-electron chi connectivity index (χ3n) is 4.48. The number of aryl methyl sites for hydroxylation is 1. The van der Waals surface area contributed by atoms with Gasteiger partial charge in [0.2, 0.25) is 0 Å². The van der Waals surface area contributed by atoms with Crippen LogP contribution < -0.4 is 10.1 Å². The first-order valence-corrected chi connectivity index (χ1v) is 10.9. The molecule has 0 atom stereocenters. The number of anilines is 1. The molecule has 1 N–H and O–H groups in total. The SMILES string of the molecule is Cc1ccccc1COc1ccc(C2=NS(=O)(=O)c3ccccc3N2)cc1Br. The van der Waals surface area contributed by atoms with E-state index >= 15 is 0 Å². The maximum absolute atomic E-state index is 12.4. The van der Waals surface area contributed by atoms with E-state index < -0.39 is 10.0 Å². The van der Waals surface area contributed by atoms with Crippen LogP contribution in [0.1, 0.15) is 16.7 Å². The third kappa shape index (κ3) is 3.68. The average Bonchev–Trinajstić information content (AvgIpc) is 2.67. The van der Waals surface area contributed by atoms with Crippen molar-refractivity contribution in [3.05, 3.63) is 87.9 Å². The lowest BCUT2D eigenvalue weighted by molar-refractivity contribution is 0.303. The number of hydrogen-bond acceptors (Lipinski definition) is 4. The van der Waals surface area contributed by atoms with E-state index in [1.807, 2.05) is 31.2 Å². The van der Waals surface area contributed by atoms with Crippen LogP contribution >= 0.6 is 15.9 Å². The number of para-hydroxylation sites is 1. The lowest BCUT2D eigenvalue weighted by Crippen LogP contribution is -2.22. The lowest BCUT2D eigenvalue weighted by Gasteiger charge is -2.18. The first-order chi connectivity index (χ1) is 13.4. The van der Waals surface area contributed by atoms with Crippen LogP contribution in [0, 0.1) is 6.92 Å². The number of ether oxygens (including phenoxy) is 1. The smallest absolute Gasteiger partial charge is 0.286 e. The van der Waals surface area contributed by atoms with Crippen molar-refractivity contribution in [3.63, 3.8) is 0 Å². The highest BCUT2D eigenvalue weighted by atomic mass is 79.9. The highest BCUT2D eigenvalue weighted by molar-refractivity contribution is 9.10. The molecule has 0 fully saturated rings. The van der Waals surface area contributed by atoms with Crippen LogP contribution in [0.5, 0.6) is 5.75 Å². The number of nitrogens with zero attached hydrogens (tertiary/aromatic N) is 1. The molecule has 7 heteroatoms. The Hall–Kier alpha value is -2.64. The van der Waals surface area contributed by atoms with Gasteiger partial charge in [-0.25, -0.2) is 0 Å². The van der Waals surface area contributed by atoms with Gasteiger partial charge in [-0.3, -0.25) is 0 Å². The van der Waals surface area contributed by atoms with Gasteiger partial charge in [-0.05, 0) is 64.3 Å². The highest BCUT2D eigenvalue weighted by Gasteiger charge is 2.25. The summed E-state index contributed by atoms with van der Waals surface area (Å²) in [6.07, 6.45) is 0. The Morgan fingerprint density at radius 3 is 2.57 bits per heavy atom. The van der Waals surface area contributed by atoms with Crippen molar-refractivity contribution < 1.29 is 13.2 Å². The molecule has 0 radical (unpaired) electrons. The predicted octanol–water partition coefficient (Wildman–Crippen LogP) is 4.90. The van der Waals surface area contributed by atoms with E-state index in [4.69, 9.17) is 4.74 Å². The largest absolute Gasteiger partial charge is 0.488 e. The zero-order valence-corrected chi connectivity index (χ0v) is 17.4. The highest BCUT2D eigenvalue weighted by Crippen LogP contribution is 2.31. The van der Waals surface area contributed by atoms with Crippen molar-refractivity contribution >= 4 is 37.5 Å². The number of rotatable bonds is 4. The predicted molar refractivity (Wildman–Crippen MR) is 113 cm³/mol. The lowest BCUT2D eigenvalue weighted by atomic mass is 10.1. The molecule has 0 saturated carbocycles. The number of benzene rings is 3. The summed E-state index contributed by atoms with van der Waals surface area (Å²) in [6.45, 7) is 2.49. The number of hydrogen-bond donors (Lipinski definition) is 1. The second kappa shape index (κ2) is 7.41. The van der Waals surface area contributed by atoms with Gasteiger partial charge in [0.25, 0.3) is 10.0 Å². The molecule has 0 bridgehead atoms. The molecule has 0 spiro atoms. The van der Waals surface area contributed by atoms with E-state index in [0.717, 1.165) is 10.0 Å². The zero-order valence-electron chi connectivity index (χ0n) is 15.0. The van der Waals surface area contributed by atoms with E-state index in [9.17, 15) is 8.42 Å². The summed E-state index contributed by atoms with van der Waals surface area (Å²) in [5.74, 6) is 0.955. The molecule has 0 amide bonds. The van der Waals surface area contributed by atoms with Crippen molar-refractivity contribution in [2.24, 2.45) is 4.40 Å². The van der Waals surface area contributed by atoms with Gasteiger partial charge >= 0.3 is 0 Å². The Labute approximate surface area is 172 Å². The minimum atomic E-state index is -3.73. The van der Waals surface area contributed by atoms with E-state index in [-0.39, 0.29) is 10.7 Å². The summed E-state index contributed by atoms with van der Waals surface area (Å²) in [5, 5.41) is 3.09. The molecule has 0 aliphatic carbocycles. The maximum Gasteiger partial charge on any atom is 0.286 e. The summed E-state index contributed by atoms with van der Waals surface area (Å²) in [7, 11) is -3.73. The quantitative estimate of drug-likeness (QED) is 0.606. The third-order valence-corrected chi connectivity index (χ3v) is 6.43. The van der Waals surface area contributed by atoms with Crippen molar-refractivity contribution in [1.29, 1.82) is 0 Å². The zero-order chi connectivity index (χ0) is 19.7. The number of fused-ring (bicyclic) bond motifs is 1. The van der Waals surface area contributed by atoms with E-state index in [0.29, 0.717) is 23.6 Å². The van der Waals surface area contributed by atoms with E-state index in [2.05, 4.69) is 25.6 Å². The first kappa shape index (κ1) is 18.7. The Kier molecular flexibility index (Phi) is 4.95. The summed E-state index contributed by atoms with van der Waals surface area (Å²) in [6, 6.07) is 20.1. The molecule has 0 aromatic heterocycles. The topological polar surface area (TPSA) is 67.8 Å². The van der Waals surface area contributed by atoms with Crippen molar-refractivity contribution in [2.75, 3.05) is 5.32 Å². The molecule has 3 aromatic carbocycles. The average molecular weight is 457 g/mol. The van der Waals surface area contributed by atoms with Crippen LogP contribution in [0.2, 0.25) is 0 Å². The van der Waals surface area contributed by atoms with Crippen LogP contribution in [0.4, 0.5) is 5.69 Å². The molecule has 5 nitrogen and oxygen atoms in total. The fraction of sp³-hybridized carbons (Fsp3) is 0.0952. The number of halogens is 1. The van der Waals surface area contributed by atoms with Gasteiger partial charge in [0.15, 0.2) is 5.84 Å². The fourth-order valence-electron chi connectivity index (χ4n) is 2.93. The van der Waals surface area contributed by atoms with Crippen molar-refractivity contribution in [1.82, 2.24) is 0 Å². The van der Waals surface area contributed by atoms with Crippen LogP contribution in [0.15, 0.2) is 80.5 Å². The summed E-state index contributed by atoms with van der Waals surface area (Å²) in [5.41, 5.74) is 3.44. The molecule has 0 unspecified atom stereocenters. The van der Waals surface area contributed by atoms with Crippen molar-refractivity contribution in [2.45, 2.75) is 18.4 Å². The molecular weight excluding hydrogens is 440 g/mol. The fourth-order valence-corrected chi connectivity index (χ4v) is 4.56. The van der Waals surface area contributed by atoms with Gasteiger partial charge in [-0.1, -0.05) is 36.4 Å². The van der Waals surface area contributed by atoms with Crippen LogP contribution in [0.3, 0.4) is 0 Å². The van der Waals surface area contributed by atoms with Crippen LogP contribution in [-0.4, -0.2) is 14.3 Å². The van der Waals surface area contributed by atoms with Crippen molar-refractivity contribution in [3.8, 4) is 5.75 Å². The number of amidine groups is 1. The molecule has 1 heterocycles. The van der Waals surface area contributed by atoms with E-state index in [1.54, 1.807) is 36.4 Å².